The van der Waals surface area contributed by atoms with Gasteiger partial charge in [-0.2, -0.15) is 13.2 Å². The van der Waals surface area contributed by atoms with Crippen LogP contribution in [0.2, 0.25) is 0 Å². The Bertz CT molecular complexity index is 434. The topological polar surface area (TPSA) is 29.3 Å². The fraction of sp³-hybridized carbons (Fsp3) is 0.625. The Hall–Kier alpha value is -1.07. The van der Waals surface area contributed by atoms with Gasteiger partial charge in [0.2, 0.25) is 0 Å². The van der Waals surface area contributed by atoms with Crippen LogP contribution in [0.3, 0.4) is 0 Å². The highest BCUT2D eigenvalue weighted by Crippen LogP contribution is 2.30. The van der Waals surface area contributed by atoms with Gasteiger partial charge >= 0.3 is 6.18 Å². The first kappa shape index (κ1) is 16.3. The fourth-order valence-corrected chi connectivity index (χ4v) is 2.88. The maximum Gasteiger partial charge on any atom is 0.416 e. The quantitative estimate of drug-likeness (QED) is 0.915. The molecule has 1 aromatic carbocycles. The average molecular weight is 300 g/mol. The molecule has 1 unspecified atom stereocenters. The third-order valence-corrected chi connectivity index (χ3v) is 4.41. The summed E-state index contributed by atoms with van der Waals surface area (Å²) in [6.45, 7) is 5.00. The number of alkyl halides is 3. The van der Waals surface area contributed by atoms with Gasteiger partial charge in [-0.05, 0) is 49.5 Å². The number of nitrogens with zero attached hydrogens (tertiary/aromatic N) is 1. The molecule has 5 heteroatoms. The molecule has 1 heterocycles. The number of nitrogens with two attached hydrogens (primary N) is 1. The van der Waals surface area contributed by atoms with E-state index in [1.54, 1.807) is 0 Å². The molecular weight excluding hydrogens is 277 g/mol. The van der Waals surface area contributed by atoms with Gasteiger partial charge in [0, 0.05) is 12.6 Å². The summed E-state index contributed by atoms with van der Waals surface area (Å²) in [6.07, 6.45) is -0.685. The SMILES string of the molecule is CCC1CCN(CC(N)c2ccc(C(F)(F)F)cc2)CC1. The molecule has 1 saturated heterocycles. The van der Waals surface area contributed by atoms with Crippen molar-refractivity contribution in [1.29, 1.82) is 0 Å². The van der Waals surface area contributed by atoms with Crippen molar-refractivity contribution in [3.63, 3.8) is 0 Å². The van der Waals surface area contributed by atoms with E-state index in [1.165, 1.54) is 31.4 Å². The van der Waals surface area contributed by atoms with Crippen LogP contribution in [0.4, 0.5) is 13.2 Å². The average Bonchev–Trinajstić information content (AvgIpc) is 2.47. The van der Waals surface area contributed by atoms with Crippen molar-refractivity contribution in [2.45, 2.75) is 38.4 Å². The van der Waals surface area contributed by atoms with Gasteiger partial charge in [0.1, 0.15) is 0 Å². The largest absolute Gasteiger partial charge is 0.416 e. The highest BCUT2D eigenvalue weighted by atomic mass is 19.4. The zero-order valence-electron chi connectivity index (χ0n) is 12.4. The van der Waals surface area contributed by atoms with Crippen LogP contribution >= 0.6 is 0 Å². The van der Waals surface area contributed by atoms with Crippen LogP contribution in [-0.4, -0.2) is 24.5 Å². The van der Waals surface area contributed by atoms with Crippen molar-refractivity contribution in [1.82, 2.24) is 4.90 Å². The van der Waals surface area contributed by atoms with E-state index >= 15 is 0 Å². The first-order chi connectivity index (χ1) is 9.90. The van der Waals surface area contributed by atoms with Gasteiger partial charge < -0.3 is 10.6 Å². The van der Waals surface area contributed by atoms with E-state index in [-0.39, 0.29) is 6.04 Å². The van der Waals surface area contributed by atoms with Crippen molar-refractivity contribution >= 4 is 0 Å². The van der Waals surface area contributed by atoms with Gasteiger partial charge in [0.15, 0.2) is 0 Å². The third-order valence-electron chi connectivity index (χ3n) is 4.41. The molecular formula is C16H23F3N2. The van der Waals surface area contributed by atoms with Crippen molar-refractivity contribution in [3.05, 3.63) is 35.4 Å². The Labute approximate surface area is 124 Å². The molecule has 0 amide bonds. The molecule has 1 aliphatic rings. The van der Waals surface area contributed by atoms with E-state index in [4.69, 9.17) is 5.73 Å². The van der Waals surface area contributed by atoms with Crippen LogP contribution in [0.15, 0.2) is 24.3 Å². The molecule has 2 nitrogen and oxygen atoms in total. The number of benzene rings is 1. The van der Waals surface area contributed by atoms with Crippen molar-refractivity contribution in [2.24, 2.45) is 11.7 Å². The predicted octanol–water partition coefficient (Wildman–Crippen LogP) is 3.83. The second kappa shape index (κ2) is 6.79. The monoisotopic (exact) mass is 300 g/mol. The Morgan fingerprint density at radius 1 is 1.19 bits per heavy atom. The predicted molar refractivity (Wildman–Crippen MR) is 77.8 cm³/mol. The lowest BCUT2D eigenvalue weighted by molar-refractivity contribution is -0.137. The summed E-state index contributed by atoms with van der Waals surface area (Å²) >= 11 is 0. The molecule has 0 aromatic heterocycles. The smallest absolute Gasteiger partial charge is 0.323 e. The maximum absolute atomic E-state index is 12.5. The number of likely N-dealkylation sites (tertiary alicyclic amines) is 1. The van der Waals surface area contributed by atoms with Crippen molar-refractivity contribution < 1.29 is 13.2 Å². The van der Waals surface area contributed by atoms with Crippen LogP contribution < -0.4 is 5.73 Å². The van der Waals surface area contributed by atoms with Gasteiger partial charge in [-0.3, -0.25) is 0 Å². The van der Waals surface area contributed by atoms with Gasteiger partial charge in [-0.25, -0.2) is 0 Å². The standard InChI is InChI=1S/C16H23F3N2/c1-2-12-7-9-21(10-8-12)11-15(20)13-3-5-14(6-4-13)16(17,18)19/h3-6,12,15H,2,7-11,20H2,1H3. The Kier molecular flexibility index (Phi) is 5.27. The van der Waals surface area contributed by atoms with E-state index in [2.05, 4.69) is 11.8 Å². The van der Waals surface area contributed by atoms with Crippen LogP contribution in [-0.2, 0) is 6.18 Å². The fourth-order valence-electron chi connectivity index (χ4n) is 2.88. The number of halogens is 3. The van der Waals surface area contributed by atoms with E-state index < -0.39 is 11.7 Å². The highest BCUT2D eigenvalue weighted by molar-refractivity contribution is 5.26. The number of piperidine rings is 1. The first-order valence-electron chi connectivity index (χ1n) is 7.55. The molecule has 0 spiro atoms. The molecule has 1 fully saturated rings. The van der Waals surface area contributed by atoms with Gasteiger partial charge in [-0.1, -0.05) is 25.5 Å². The highest BCUT2D eigenvalue weighted by Gasteiger charge is 2.30. The lowest BCUT2D eigenvalue weighted by Gasteiger charge is -2.33. The van der Waals surface area contributed by atoms with Crippen LogP contribution in [0.1, 0.15) is 43.4 Å². The normalized spacial score (nSPS) is 19.7. The minimum Gasteiger partial charge on any atom is -0.323 e. The van der Waals surface area contributed by atoms with Gasteiger partial charge in [0.25, 0.3) is 0 Å². The molecule has 2 N–H and O–H groups in total. The molecule has 1 aromatic rings. The Morgan fingerprint density at radius 2 is 1.76 bits per heavy atom. The summed E-state index contributed by atoms with van der Waals surface area (Å²) in [5.74, 6) is 0.809. The Morgan fingerprint density at radius 3 is 2.24 bits per heavy atom. The Balaban J connectivity index is 1.90. The molecule has 1 atom stereocenters. The molecule has 1 aliphatic heterocycles. The number of hydrogen-bond acceptors (Lipinski definition) is 2. The summed E-state index contributed by atoms with van der Waals surface area (Å²) in [6, 6.07) is 4.97. The van der Waals surface area contributed by atoms with E-state index in [9.17, 15) is 13.2 Å². The van der Waals surface area contributed by atoms with Gasteiger partial charge in [-0.15, -0.1) is 0 Å². The second-order valence-corrected chi connectivity index (χ2v) is 5.88. The lowest BCUT2D eigenvalue weighted by Crippen LogP contribution is -2.38. The summed E-state index contributed by atoms with van der Waals surface area (Å²) < 4.78 is 37.6. The zero-order valence-corrected chi connectivity index (χ0v) is 12.4. The van der Waals surface area contributed by atoms with Crippen LogP contribution in [0.5, 0.6) is 0 Å². The molecule has 21 heavy (non-hydrogen) atoms. The lowest BCUT2D eigenvalue weighted by atomic mass is 9.94. The molecule has 0 radical (unpaired) electrons. The molecule has 2 rings (SSSR count). The van der Waals surface area contributed by atoms with E-state index in [1.807, 2.05) is 0 Å². The molecule has 0 aliphatic carbocycles. The van der Waals surface area contributed by atoms with Crippen LogP contribution in [0, 0.1) is 5.92 Å². The first-order valence-corrected chi connectivity index (χ1v) is 7.55. The molecule has 0 saturated carbocycles. The second-order valence-electron chi connectivity index (χ2n) is 5.88. The maximum atomic E-state index is 12.5. The summed E-state index contributed by atoms with van der Waals surface area (Å²) in [5, 5.41) is 0. The van der Waals surface area contributed by atoms with Gasteiger partial charge in [0.05, 0.1) is 5.56 Å². The minimum absolute atomic E-state index is 0.231. The van der Waals surface area contributed by atoms with Crippen LogP contribution in [0.25, 0.3) is 0 Å². The third kappa shape index (κ3) is 4.45. The molecule has 118 valence electrons. The van der Waals surface area contributed by atoms with E-state index in [0.717, 1.165) is 36.7 Å². The van der Waals surface area contributed by atoms with Crippen molar-refractivity contribution in [2.75, 3.05) is 19.6 Å². The summed E-state index contributed by atoms with van der Waals surface area (Å²) in [7, 11) is 0. The van der Waals surface area contributed by atoms with Crippen molar-refractivity contribution in [3.8, 4) is 0 Å². The number of hydrogen-bond donors (Lipinski definition) is 1. The molecule has 0 bridgehead atoms. The van der Waals surface area contributed by atoms with E-state index in [0.29, 0.717) is 6.54 Å². The number of rotatable bonds is 4. The summed E-state index contributed by atoms with van der Waals surface area (Å²) in [5.41, 5.74) is 6.27. The zero-order chi connectivity index (χ0) is 15.5. The summed E-state index contributed by atoms with van der Waals surface area (Å²) in [4.78, 5) is 2.31. The minimum atomic E-state index is -4.29.